The molecule has 3 saturated heterocycles. The number of rotatable bonds is 18. The van der Waals surface area contributed by atoms with Crippen LogP contribution >= 0.6 is 119 Å². The third kappa shape index (κ3) is 23.7. The Kier molecular flexibility index (Phi) is 35.4. The Morgan fingerprint density at radius 3 is 0.867 bits per heavy atom. The van der Waals surface area contributed by atoms with Crippen molar-refractivity contribution >= 4 is 208 Å². The maximum atomic E-state index is 12.4. The van der Waals surface area contributed by atoms with Gasteiger partial charge < -0.3 is 23.3 Å². The van der Waals surface area contributed by atoms with Gasteiger partial charge in [0.15, 0.2) is 4.77 Å². The van der Waals surface area contributed by atoms with E-state index in [4.69, 9.17) is 68.1 Å². The summed E-state index contributed by atoms with van der Waals surface area (Å²) in [5, 5.41) is 5.58. The Labute approximate surface area is 868 Å². The Morgan fingerprint density at radius 1 is 0.287 bits per heavy atom. The zero-order valence-corrected chi connectivity index (χ0v) is 89.8. The zero-order valence-electron chi connectivity index (χ0n) is 81.6. The van der Waals surface area contributed by atoms with Crippen molar-refractivity contribution in [2.75, 3.05) is 140 Å². The van der Waals surface area contributed by atoms with E-state index in [1.165, 1.54) is 88.4 Å². The van der Waals surface area contributed by atoms with Crippen LogP contribution in [0.3, 0.4) is 0 Å². The van der Waals surface area contributed by atoms with Crippen molar-refractivity contribution in [3.8, 4) is 0 Å². The second kappa shape index (κ2) is 47.4. The monoisotopic (exact) mass is 2130 g/mol. The van der Waals surface area contributed by atoms with Gasteiger partial charge in [0.05, 0.1) is 109 Å². The number of aliphatic imine (C=N–C) groups is 6. The number of nitrogens with zero attached hydrogens (tertiary/aromatic N) is 23. The molecule has 38 nitrogen and oxygen atoms in total. The summed E-state index contributed by atoms with van der Waals surface area (Å²) >= 11 is 31.5. The minimum Gasteiger partial charge on any atom is -0.379 e. The largest absolute Gasteiger partial charge is 0.379 e. The molecule has 0 unspecified atom stereocenters. The van der Waals surface area contributed by atoms with Crippen LogP contribution in [0.4, 0.5) is 34.9 Å². The van der Waals surface area contributed by atoms with Gasteiger partial charge in [0, 0.05) is 246 Å². The number of aromatic nitrogens is 12. The number of fused-ring (bicyclic) bond motifs is 8. The lowest BCUT2D eigenvalue weighted by Crippen LogP contribution is -2.38. The highest BCUT2D eigenvalue weighted by molar-refractivity contribution is 8.15. The number of carbonyl (C=O) groups is 4. The van der Waals surface area contributed by atoms with E-state index in [9.17, 15) is 57.5 Å². The molecule has 11 aliphatic rings. The predicted octanol–water partition coefficient (Wildman–Crippen LogP) is 8.38. The quantitative estimate of drug-likeness (QED) is 0.0442. The molecule has 0 atom stereocenters. The smallest absolute Gasteiger partial charge is 0.332 e. The third-order valence-electron chi connectivity index (χ3n) is 25.7. The minimum absolute atomic E-state index is 0.118. The van der Waals surface area contributed by atoms with Crippen molar-refractivity contribution in [3.63, 3.8) is 0 Å². The van der Waals surface area contributed by atoms with Crippen LogP contribution in [0, 0.1) is 25.6 Å². The van der Waals surface area contributed by atoms with Gasteiger partial charge in [-0.2, -0.15) is 0 Å². The van der Waals surface area contributed by atoms with E-state index in [2.05, 4.69) is 70.9 Å². The van der Waals surface area contributed by atoms with Gasteiger partial charge in [0.2, 0.25) is 0 Å². The summed E-state index contributed by atoms with van der Waals surface area (Å²) in [6.07, 6.45) is 4.18. The summed E-state index contributed by atoms with van der Waals surface area (Å²) in [5.74, 6) is 7.56. The van der Waals surface area contributed by atoms with Crippen LogP contribution in [0.25, 0.3) is 0 Å². The van der Waals surface area contributed by atoms with Gasteiger partial charge in [-0.1, -0.05) is 90.7 Å². The molecule has 9 aromatic rings. The molecule has 143 heavy (non-hydrogen) atoms. The van der Waals surface area contributed by atoms with E-state index in [0.29, 0.717) is 131 Å². The van der Waals surface area contributed by atoms with Crippen molar-refractivity contribution in [1.82, 2.24) is 79.3 Å². The van der Waals surface area contributed by atoms with Gasteiger partial charge in [-0.15, -0.1) is 70.6 Å². The molecule has 17 heterocycles. The molecule has 0 spiro atoms. The fraction of sp³-hybridized carbons (Fsp3) is 0.453. The highest BCUT2D eigenvalue weighted by atomic mass is 32.2. The van der Waals surface area contributed by atoms with Crippen molar-refractivity contribution in [3.05, 3.63) is 242 Å². The predicted molar refractivity (Wildman–Crippen MR) is 579 cm³/mol. The van der Waals surface area contributed by atoms with Gasteiger partial charge in [-0.3, -0.25) is 104 Å². The molecule has 0 N–H and O–H groups in total. The van der Waals surface area contributed by atoms with E-state index < -0.39 is 11.4 Å². The number of ether oxygens (including phenoxy) is 3. The topological polar surface area (TPSA) is 382 Å². The van der Waals surface area contributed by atoms with Crippen LogP contribution in [0.1, 0.15) is 92.4 Å². The molecule has 0 radical (unpaired) electrons. The fourth-order valence-electron chi connectivity index (χ4n) is 17.3. The van der Waals surface area contributed by atoms with Crippen molar-refractivity contribution < 1.29 is 33.4 Å². The summed E-state index contributed by atoms with van der Waals surface area (Å²) in [4.78, 5) is 183. The highest BCUT2D eigenvalue weighted by Gasteiger charge is 2.38. The first-order valence-corrected chi connectivity index (χ1v) is 53.9. The minimum atomic E-state index is -0.417. The number of morpholine rings is 3. The van der Waals surface area contributed by atoms with Gasteiger partial charge in [0.25, 0.3) is 40.3 Å². The highest BCUT2D eigenvalue weighted by Crippen LogP contribution is 2.37. The molecular weight excluding hydrogens is 2020 g/mol. The number of aryl methyl sites for hydroxylation is 1. The summed E-state index contributed by atoms with van der Waals surface area (Å²) < 4.78 is 36.3. The summed E-state index contributed by atoms with van der Waals surface area (Å²) in [7, 11) is 20.0. The molecule has 0 bridgehead atoms. The molecule has 0 saturated carbocycles. The Balaban J connectivity index is 0.000000130. The first-order valence-electron chi connectivity index (χ1n) is 46.3. The number of hydrogen-bond acceptors (Lipinski definition) is 34. The summed E-state index contributed by atoms with van der Waals surface area (Å²) in [6, 6.07) is 22.1. The van der Waals surface area contributed by atoms with E-state index in [1.807, 2.05) is 35.0 Å². The molecule has 48 heteroatoms. The molecule has 3 aromatic carbocycles. The number of thioether (sulfide) groups is 6. The van der Waals surface area contributed by atoms with Gasteiger partial charge in [-0.25, -0.2) is 53.9 Å². The first kappa shape index (κ1) is 107. The normalized spacial score (nSPS) is 16.3. The number of hydrogen-bond donors (Lipinski definition) is 0. The number of imide groups is 2. The Hall–Kier alpha value is -10.4. The molecule has 4 amide bonds. The van der Waals surface area contributed by atoms with E-state index in [-0.39, 0.29) is 63.9 Å². The first-order chi connectivity index (χ1) is 68.5. The number of benzene rings is 3. The lowest BCUT2D eigenvalue weighted by atomic mass is 10.1. The Bertz CT molecular complexity index is 7240. The molecular formula is C95H111N23O15S10. The maximum Gasteiger partial charge on any atom is 0.332 e. The molecule has 3 fully saturated rings. The molecule has 6 aromatic heterocycles. The lowest BCUT2D eigenvalue weighted by Gasteiger charge is -2.26. The van der Waals surface area contributed by atoms with Crippen molar-refractivity contribution in [2.24, 2.45) is 115 Å². The molecule has 11 aliphatic heterocycles. The average Bonchev–Trinajstić information content (AvgIpc) is 1.65. The summed E-state index contributed by atoms with van der Waals surface area (Å²) in [5.41, 5.74) is 6.75. The van der Waals surface area contributed by atoms with Crippen LogP contribution in [0.15, 0.2) is 141 Å². The SMILES string of the molecule is Cc1ccc(CSC2=Nc3c(c(=S)n(C)c(=O)n3C)C2)cc1.Cn1c2c(c(=O)n(C)c1=O)CC(SCCCN1C(=O)c3ccccc3C1=O)=N2.Cn1c2c(c(=O)n(C)c1=O)CC(SCCN1C(=O)c3ccccc3C1=O)=N2.Cn1c2c(c(=O)n(C)c1=O)CC(SCCN1CCOCC1)=N2.Cn1c2c(c(=S)n(C)c1=O)CC(SCCN1CCOCC1)=N2.Cn1c2c(c(=S)n(C)c1=S)CC(SCCN1CCOCC1)=N2. The van der Waals surface area contributed by atoms with E-state index in [0.717, 1.165) is 206 Å². The standard InChI is InChI=1S/C19H18N4O4S.C18H16N4O4S.C16H17N3OS2.C14H20N4O3S.C14H20N4O2S2.C14H20N4OS3/c1-21-15-13(16(24)22(2)19(21)27)10-14(20-15)28-9-5-8-23-17(25)11-6-3-4-7-12(11)18(23)26;1-20-14-12(15(23)21(2)18(20)26)9-13(19-14)27-8-7-22-16(24)10-5-3-4-6-11(10)17(22)25;1-10-4-6-11(7-5-10)9-22-13-8-12-14(17-13)18(2)16(20)19(3)15(12)21;1-16-12-10(13(19)17(2)14(16)20)9-11(15-12)22-8-5-18-3-6-21-7-4-18;1-16-12-10(13(21)17(2)14(16)19)9-11(15-12)22-8-5-18-3-6-20-7-4-18;1-16-12-10(13(20)17(2)14(16)21)9-11(15-12)22-8-5-18-3-6-19-7-4-18/h3-4,6-7H,5,8-10H2,1-2H3;3-6H,7-9H2,1-2H3;4-7H,8-9H2,1-3H3;3*3-9H2,1-2H3. The van der Waals surface area contributed by atoms with E-state index >= 15 is 0 Å². The van der Waals surface area contributed by atoms with Crippen LogP contribution < -0.4 is 45.1 Å². The van der Waals surface area contributed by atoms with Crippen LogP contribution in [0.2, 0.25) is 0 Å². The van der Waals surface area contributed by atoms with E-state index in [1.54, 1.807) is 142 Å². The van der Waals surface area contributed by atoms with Crippen LogP contribution in [0.5, 0.6) is 0 Å². The van der Waals surface area contributed by atoms with Crippen molar-refractivity contribution in [2.45, 2.75) is 57.6 Å². The van der Waals surface area contributed by atoms with Gasteiger partial charge in [-0.05, 0) is 55.4 Å². The second-order valence-electron chi connectivity index (χ2n) is 35.0. The Morgan fingerprint density at radius 2 is 0.545 bits per heavy atom. The van der Waals surface area contributed by atoms with Gasteiger partial charge in [0.1, 0.15) is 48.8 Å². The van der Waals surface area contributed by atoms with Crippen LogP contribution in [-0.2, 0) is 143 Å². The average molecular weight is 2140 g/mol. The maximum absolute atomic E-state index is 12.4. The molecule has 20 rings (SSSR count). The molecule has 756 valence electrons. The number of carbonyl (C=O) groups excluding carboxylic acids is 4. The third-order valence-corrected chi connectivity index (χ3v) is 33.7. The molecule has 0 aliphatic carbocycles. The fourth-order valence-corrected chi connectivity index (χ4v) is 24.0. The van der Waals surface area contributed by atoms with Gasteiger partial charge >= 0.3 is 28.4 Å². The second-order valence-corrected chi connectivity index (χ2v) is 43.4. The van der Waals surface area contributed by atoms with Crippen LogP contribution in [-0.4, -0.2) is 274 Å². The van der Waals surface area contributed by atoms with Crippen molar-refractivity contribution in [1.29, 1.82) is 0 Å². The lowest BCUT2D eigenvalue weighted by molar-refractivity contribution is 0.0409. The summed E-state index contributed by atoms with van der Waals surface area (Å²) in [6.45, 7) is 16.8. The number of amides is 4. The zero-order chi connectivity index (χ0) is 102.